The predicted molar refractivity (Wildman–Crippen MR) is 78.9 cm³/mol. The highest BCUT2D eigenvalue weighted by Gasteiger charge is 2.04. The van der Waals surface area contributed by atoms with Crippen molar-refractivity contribution < 1.29 is 0 Å². The minimum atomic E-state index is 0.648. The van der Waals surface area contributed by atoms with E-state index in [1.165, 1.54) is 47.4 Å². The van der Waals surface area contributed by atoms with Crippen LogP contribution >= 0.6 is 11.3 Å². The van der Waals surface area contributed by atoms with Crippen LogP contribution in [0, 0.1) is 13.8 Å². The van der Waals surface area contributed by atoms with E-state index in [1.54, 1.807) is 0 Å². The SMILES string of the molecule is CCCCCCC(C)NCc1cc(C)c(C)s1. The molecule has 1 aromatic heterocycles. The van der Waals surface area contributed by atoms with E-state index in [0.717, 1.165) is 6.54 Å². The highest BCUT2D eigenvalue weighted by molar-refractivity contribution is 7.12. The van der Waals surface area contributed by atoms with E-state index >= 15 is 0 Å². The van der Waals surface area contributed by atoms with E-state index in [4.69, 9.17) is 0 Å². The monoisotopic (exact) mass is 253 g/mol. The van der Waals surface area contributed by atoms with Crippen molar-refractivity contribution >= 4 is 11.3 Å². The lowest BCUT2D eigenvalue weighted by Gasteiger charge is -2.12. The second kappa shape index (κ2) is 7.88. The van der Waals surface area contributed by atoms with Crippen LogP contribution in [0.15, 0.2) is 6.07 Å². The molecule has 98 valence electrons. The lowest BCUT2D eigenvalue weighted by Crippen LogP contribution is -2.24. The van der Waals surface area contributed by atoms with Crippen LogP contribution in [0.2, 0.25) is 0 Å². The van der Waals surface area contributed by atoms with Gasteiger partial charge in [-0.2, -0.15) is 0 Å². The molecule has 0 aromatic carbocycles. The summed E-state index contributed by atoms with van der Waals surface area (Å²) in [5.74, 6) is 0. The fraction of sp³-hybridized carbons (Fsp3) is 0.733. The maximum Gasteiger partial charge on any atom is 0.0302 e. The van der Waals surface area contributed by atoms with Crippen LogP contribution in [-0.4, -0.2) is 6.04 Å². The van der Waals surface area contributed by atoms with Crippen LogP contribution in [0.25, 0.3) is 0 Å². The normalized spacial score (nSPS) is 12.9. The van der Waals surface area contributed by atoms with Gasteiger partial charge in [0.15, 0.2) is 0 Å². The maximum absolute atomic E-state index is 3.63. The van der Waals surface area contributed by atoms with Crippen molar-refractivity contribution in [3.05, 3.63) is 21.4 Å². The fourth-order valence-corrected chi connectivity index (χ4v) is 3.00. The molecule has 0 aliphatic rings. The van der Waals surface area contributed by atoms with Crippen LogP contribution < -0.4 is 5.32 Å². The zero-order chi connectivity index (χ0) is 12.7. The third kappa shape index (κ3) is 5.69. The summed E-state index contributed by atoms with van der Waals surface area (Å²) in [5, 5.41) is 3.63. The molecule has 2 heteroatoms. The molecule has 0 aliphatic heterocycles. The van der Waals surface area contributed by atoms with Gasteiger partial charge in [-0.3, -0.25) is 0 Å². The number of hydrogen-bond acceptors (Lipinski definition) is 2. The topological polar surface area (TPSA) is 12.0 Å². The van der Waals surface area contributed by atoms with Crippen molar-refractivity contribution in [2.75, 3.05) is 0 Å². The Kier molecular flexibility index (Phi) is 6.83. The molecule has 17 heavy (non-hydrogen) atoms. The van der Waals surface area contributed by atoms with Crippen LogP contribution in [0.1, 0.15) is 61.3 Å². The lowest BCUT2D eigenvalue weighted by molar-refractivity contribution is 0.484. The van der Waals surface area contributed by atoms with Crippen LogP contribution in [0.3, 0.4) is 0 Å². The first-order valence-electron chi connectivity index (χ1n) is 6.92. The van der Waals surface area contributed by atoms with Gasteiger partial charge >= 0.3 is 0 Å². The van der Waals surface area contributed by atoms with Crippen molar-refractivity contribution in [2.24, 2.45) is 0 Å². The first-order chi connectivity index (χ1) is 8.13. The molecule has 0 aliphatic carbocycles. The van der Waals surface area contributed by atoms with E-state index in [2.05, 4.69) is 39.1 Å². The molecule has 1 aromatic rings. The van der Waals surface area contributed by atoms with Gasteiger partial charge in [0.25, 0.3) is 0 Å². The van der Waals surface area contributed by atoms with Gasteiger partial charge in [-0.05, 0) is 38.8 Å². The molecule has 1 rings (SSSR count). The van der Waals surface area contributed by atoms with Crippen molar-refractivity contribution in [1.29, 1.82) is 0 Å². The summed E-state index contributed by atoms with van der Waals surface area (Å²) in [4.78, 5) is 2.93. The van der Waals surface area contributed by atoms with Crippen LogP contribution in [0.4, 0.5) is 0 Å². The largest absolute Gasteiger partial charge is 0.309 e. The Balaban J connectivity index is 2.17. The van der Waals surface area contributed by atoms with Gasteiger partial charge in [0.1, 0.15) is 0 Å². The van der Waals surface area contributed by atoms with Gasteiger partial charge in [0.2, 0.25) is 0 Å². The maximum atomic E-state index is 3.63. The molecule has 0 bridgehead atoms. The van der Waals surface area contributed by atoms with E-state index in [9.17, 15) is 0 Å². The molecule has 0 saturated heterocycles. The lowest BCUT2D eigenvalue weighted by atomic mass is 10.1. The number of unbranched alkanes of at least 4 members (excludes halogenated alkanes) is 3. The second-order valence-corrected chi connectivity index (χ2v) is 6.42. The third-order valence-corrected chi connectivity index (χ3v) is 4.48. The Morgan fingerprint density at radius 3 is 2.59 bits per heavy atom. The molecule has 1 atom stereocenters. The van der Waals surface area contributed by atoms with Crippen LogP contribution in [-0.2, 0) is 6.54 Å². The summed E-state index contributed by atoms with van der Waals surface area (Å²) >= 11 is 1.93. The van der Waals surface area contributed by atoms with Crippen molar-refractivity contribution in [1.82, 2.24) is 5.32 Å². The Morgan fingerprint density at radius 1 is 1.24 bits per heavy atom. The number of nitrogens with one attached hydrogen (secondary N) is 1. The molecule has 1 unspecified atom stereocenters. The first-order valence-corrected chi connectivity index (χ1v) is 7.74. The second-order valence-electron chi connectivity index (χ2n) is 5.08. The Labute approximate surface area is 111 Å². The minimum Gasteiger partial charge on any atom is -0.309 e. The Morgan fingerprint density at radius 2 is 2.00 bits per heavy atom. The molecule has 0 spiro atoms. The summed E-state index contributed by atoms with van der Waals surface area (Å²) in [7, 11) is 0. The van der Waals surface area contributed by atoms with Crippen LogP contribution in [0.5, 0.6) is 0 Å². The Hall–Kier alpha value is -0.340. The number of rotatable bonds is 8. The fourth-order valence-electron chi connectivity index (χ4n) is 1.99. The average Bonchev–Trinajstić information content (AvgIpc) is 2.62. The number of aryl methyl sites for hydroxylation is 2. The summed E-state index contributed by atoms with van der Waals surface area (Å²) in [6.07, 6.45) is 6.78. The zero-order valence-corrected chi connectivity index (χ0v) is 12.6. The standard InChI is InChI=1S/C15H27NS/c1-5-6-7-8-9-13(3)16-11-15-10-12(2)14(4)17-15/h10,13,16H,5-9,11H2,1-4H3. The molecule has 0 saturated carbocycles. The van der Waals surface area contributed by atoms with Gasteiger partial charge in [-0.15, -0.1) is 11.3 Å². The number of thiophene rings is 1. The minimum absolute atomic E-state index is 0.648. The van der Waals surface area contributed by atoms with E-state index in [0.29, 0.717) is 6.04 Å². The first kappa shape index (κ1) is 14.7. The summed E-state index contributed by atoms with van der Waals surface area (Å²) in [6, 6.07) is 2.96. The van der Waals surface area contributed by atoms with Gasteiger partial charge in [0.05, 0.1) is 0 Å². The molecule has 0 fully saturated rings. The molecule has 1 heterocycles. The summed E-state index contributed by atoms with van der Waals surface area (Å²) in [6.45, 7) is 10.0. The zero-order valence-electron chi connectivity index (χ0n) is 11.8. The van der Waals surface area contributed by atoms with Crippen molar-refractivity contribution in [3.8, 4) is 0 Å². The van der Waals surface area contributed by atoms with E-state index in [1.807, 2.05) is 11.3 Å². The van der Waals surface area contributed by atoms with Gasteiger partial charge in [-0.25, -0.2) is 0 Å². The molecule has 0 amide bonds. The highest BCUT2D eigenvalue weighted by Crippen LogP contribution is 2.20. The van der Waals surface area contributed by atoms with Gasteiger partial charge in [-0.1, -0.05) is 32.6 Å². The summed E-state index contributed by atoms with van der Waals surface area (Å²) < 4.78 is 0. The van der Waals surface area contributed by atoms with Gasteiger partial charge in [0, 0.05) is 22.3 Å². The van der Waals surface area contributed by atoms with Crippen molar-refractivity contribution in [2.45, 2.75) is 72.4 Å². The van der Waals surface area contributed by atoms with E-state index in [-0.39, 0.29) is 0 Å². The molecule has 1 N–H and O–H groups in total. The predicted octanol–water partition coefficient (Wildman–Crippen LogP) is 4.81. The third-order valence-electron chi connectivity index (χ3n) is 3.33. The number of hydrogen-bond donors (Lipinski definition) is 1. The van der Waals surface area contributed by atoms with Crippen molar-refractivity contribution in [3.63, 3.8) is 0 Å². The van der Waals surface area contributed by atoms with E-state index < -0.39 is 0 Å². The Bertz CT molecular complexity index is 297. The molecule has 1 nitrogen and oxygen atoms in total. The molecular formula is C15H27NS. The summed E-state index contributed by atoms with van der Waals surface area (Å²) in [5.41, 5.74) is 1.43. The quantitative estimate of drug-likeness (QED) is 0.655. The smallest absolute Gasteiger partial charge is 0.0302 e. The molecule has 0 radical (unpaired) electrons. The molecular weight excluding hydrogens is 226 g/mol. The van der Waals surface area contributed by atoms with Gasteiger partial charge < -0.3 is 5.32 Å². The average molecular weight is 253 g/mol. The highest BCUT2D eigenvalue weighted by atomic mass is 32.1.